The molecule has 0 bridgehead atoms. The lowest BCUT2D eigenvalue weighted by atomic mass is 10.0. The summed E-state index contributed by atoms with van der Waals surface area (Å²) in [5, 5.41) is 2.88. The summed E-state index contributed by atoms with van der Waals surface area (Å²) in [5.74, 6) is 0.212. The predicted octanol–water partition coefficient (Wildman–Crippen LogP) is 2.88. The molecule has 0 saturated carbocycles. The molecule has 21 heavy (non-hydrogen) atoms. The summed E-state index contributed by atoms with van der Waals surface area (Å²) in [4.78, 5) is 16.4. The third-order valence-corrected chi connectivity index (χ3v) is 3.56. The second kappa shape index (κ2) is 6.10. The van der Waals surface area contributed by atoms with Crippen molar-refractivity contribution in [1.29, 1.82) is 0 Å². The average molecular weight is 287 g/mol. The van der Waals surface area contributed by atoms with E-state index in [4.69, 9.17) is 10.2 Å². The highest BCUT2D eigenvalue weighted by molar-refractivity contribution is 5.93. The maximum Gasteiger partial charge on any atom is 0.228 e. The lowest BCUT2D eigenvalue weighted by Gasteiger charge is -2.16. The SMILES string of the molecule is Cc1coc(-c2cc(NC(=O)C(C)C(C)N)ccc2C)n1. The van der Waals surface area contributed by atoms with Crippen LogP contribution in [0.1, 0.15) is 25.1 Å². The van der Waals surface area contributed by atoms with Gasteiger partial charge in [-0.05, 0) is 38.5 Å². The molecule has 2 rings (SSSR count). The number of nitrogens with zero attached hydrogens (tertiary/aromatic N) is 1. The Bertz CT molecular complexity index is 647. The quantitative estimate of drug-likeness (QED) is 0.906. The van der Waals surface area contributed by atoms with E-state index in [-0.39, 0.29) is 17.9 Å². The Morgan fingerprint density at radius 3 is 2.62 bits per heavy atom. The fourth-order valence-corrected chi connectivity index (χ4v) is 1.90. The van der Waals surface area contributed by atoms with Crippen molar-refractivity contribution in [2.24, 2.45) is 11.7 Å². The fourth-order valence-electron chi connectivity index (χ4n) is 1.90. The van der Waals surface area contributed by atoms with Gasteiger partial charge in [0.15, 0.2) is 0 Å². The number of nitrogens with one attached hydrogen (secondary N) is 1. The minimum Gasteiger partial charge on any atom is -0.444 e. The summed E-state index contributed by atoms with van der Waals surface area (Å²) in [5.41, 5.74) is 9.19. The van der Waals surface area contributed by atoms with Crippen LogP contribution >= 0.6 is 0 Å². The second-order valence-corrected chi connectivity index (χ2v) is 5.46. The summed E-state index contributed by atoms with van der Waals surface area (Å²) in [6.07, 6.45) is 1.61. The molecule has 0 aliphatic heterocycles. The van der Waals surface area contributed by atoms with Gasteiger partial charge in [0.05, 0.1) is 11.6 Å². The van der Waals surface area contributed by atoms with Crippen LogP contribution in [0.2, 0.25) is 0 Å². The number of rotatable bonds is 4. The number of benzene rings is 1. The van der Waals surface area contributed by atoms with E-state index in [0.29, 0.717) is 11.6 Å². The van der Waals surface area contributed by atoms with Gasteiger partial charge in [0.1, 0.15) is 6.26 Å². The molecular formula is C16H21N3O2. The summed E-state index contributed by atoms with van der Waals surface area (Å²) in [7, 11) is 0. The maximum atomic E-state index is 12.1. The number of aromatic nitrogens is 1. The average Bonchev–Trinajstić information content (AvgIpc) is 2.86. The minimum atomic E-state index is -0.251. The highest BCUT2D eigenvalue weighted by Gasteiger charge is 2.17. The molecule has 0 saturated heterocycles. The van der Waals surface area contributed by atoms with Gasteiger partial charge in [0.2, 0.25) is 11.8 Å². The van der Waals surface area contributed by atoms with E-state index < -0.39 is 0 Å². The molecule has 1 heterocycles. The summed E-state index contributed by atoms with van der Waals surface area (Å²) < 4.78 is 5.43. The van der Waals surface area contributed by atoms with Crippen LogP contribution in [0, 0.1) is 19.8 Å². The number of aryl methyl sites for hydroxylation is 2. The lowest BCUT2D eigenvalue weighted by molar-refractivity contribution is -0.119. The van der Waals surface area contributed by atoms with Gasteiger partial charge in [-0.25, -0.2) is 4.98 Å². The number of carbonyl (C=O) groups is 1. The Morgan fingerprint density at radius 1 is 1.33 bits per heavy atom. The third kappa shape index (κ3) is 3.49. The molecule has 0 spiro atoms. The molecule has 0 fully saturated rings. The van der Waals surface area contributed by atoms with Crippen LogP contribution in [-0.2, 0) is 4.79 Å². The molecule has 112 valence electrons. The first-order valence-electron chi connectivity index (χ1n) is 6.98. The van der Waals surface area contributed by atoms with Crippen LogP contribution in [0.5, 0.6) is 0 Å². The topological polar surface area (TPSA) is 81.2 Å². The lowest BCUT2D eigenvalue weighted by Crippen LogP contribution is -2.34. The van der Waals surface area contributed by atoms with Gasteiger partial charge in [0, 0.05) is 17.3 Å². The van der Waals surface area contributed by atoms with Crippen LogP contribution in [0.15, 0.2) is 28.9 Å². The highest BCUT2D eigenvalue weighted by atomic mass is 16.3. The van der Waals surface area contributed by atoms with Gasteiger partial charge in [-0.3, -0.25) is 4.79 Å². The van der Waals surface area contributed by atoms with E-state index in [1.165, 1.54) is 0 Å². The van der Waals surface area contributed by atoms with Crippen LogP contribution in [-0.4, -0.2) is 16.9 Å². The predicted molar refractivity (Wildman–Crippen MR) is 82.9 cm³/mol. The number of amides is 1. The molecule has 1 aromatic heterocycles. The van der Waals surface area contributed by atoms with Gasteiger partial charge in [0.25, 0.3) is 0 Å². The van der Waals surface area contributed by atoms with E-state index >= 15 is 0 Å². The molecule has 2 unspecified atom stereocenters. The van der Waals surface area contributed by atoms with Crippen molar-refractivity contribution >= 4 is 11.6 Å². The van der Waals surface area contributed by atoms with Crippen molar-refractivity contribution in [1.82, 2.24) is 4.98 Å². The molecule has 2 aromatic rings. The number of hydrogen-bond acceptors (Lipinski definition) is 4. The monoisotopic (exact) mass is 287 g/mol. The van der Waals surface area contributed by atoms with E-state index in [1.54, 1.807) is 6.26 Å². The maximum absolute atomic E-state index is 12.1. The molecule has 0 aliphatic carbocycles. The van der Waals surface area contributed by atoms with Crippen molar-refractivity contribution in [3.63, 3.8) is 0 Å². The number of oxazole rings is 1. The molecule has 1 aromatic carbocycles. The Hall–Kier alpha value is -2.14. The Kier molecular flexibility index (Phi) is 4.43. The Morgan fingerprint density at radius 2 is 2.05 bits per heavy atom. The number of carbonyl (C=O) groups excluding carboxylic acids is 1. The summed E-state index contributed by atoms with van der Waals surface area (Å²) in [6.45, 7) is 7.48. The van der Waals surface area contributed by atoms with Gasteiger partial charge < -0.3 is 15.5 Å². The van der Waals surface area contributed by atoms with E-state index in [0.717, 1.165) is 16.8 Å². The Balaban J connectivity index is 2.25. The standard InChI is InChI=1S/C16H21N3O2/c1-9-5-6-13(19-15(20)11(3)12(4)17)7-14(9)16-18-10(2)8-21-16/h5-8,11-12H,17H2,1-4H3,(H,19,20). The van der Waals surface area contributed by atoms with Gasteiger partial charge in [-0.1, -0.05) is 13.0 Å². The normalized spacial score (nSPS) is 13.8. The van der Waals surface area contributed by atoms with Crippen molar-refractivity contribution in [2.75, 3.05) is 5.32 Å². The zero-order valence-electron chi connectivity index (χ0n) is 12.8. The number of anilines is 1. The first-order valence-corrected chi connectivity index (χ1v) is 6.98. The smallest absolute Gasteiger partial charge is 0.228 e. The third-order valence-electron chi connectivity index (χ3n) is 3.56. The highest BCUT2D eigenvalue weighted by Crippen LogP contribution is 2.26. The van der Waals surface area contributed by atoms with Gasteiger partial charge >= 0.3 is 0 Å². The molecule has 2 atom stereocenters. The molecular weight excluding hydrogens is 266 g/mol. The largest absolute Gasteiger partial charge is 0.444 e. The van der Waals surface area contributed by atoms with Crippen molar-refractivity contribution in [3.8, 4) is 11.5 Å². The first kappa shape index (κ1) is 15.3. The molecule has 5 nitrogen and oxygen atoms in total. The van der Waals surface area contributed by atoms with Crippen LogP contribution in [0.3, 0.4) is 0 Å². The number of hydrogen-bond donors (Lipinski definition) is 2. The van der Waals surface area contributed by atoms with Crippen LogP contribution in [0.25, 0.3) is 11.5 Å². The summed E-state index contributed by atoms with van der Waals surface area (Å²) >= 11 is 0. The molecule has 0 radical (unpaired) electrons. The summed E-state index contributed by atoms with van der Waals surface area (Å²) in [6, 6.07) is 5.47. The van der Waals surface area contributed by atoms with Crippen molar-refractivity contribution in [3.05, 3.63) is 35.7 Å². The first-order chi connectivity index (χ1) is 9.88. The van der Waals surface area contributed by atoms with Crippen LogP contribution in [0.4, 0.5) is 5.69 Å². The van der Waals surface area contributed by atoms with Crippen molar-refractivity contribution < 1.29 is 9.21 Å². The Labute approximate surface area is 124 Å². The van der Waals surface area contributed by atoms with Crippen LogP contribution < -0.4 is 11.1 Å². The van der Waals surface area contributed by atoms with E-state index in [2.05, 4.69) is 10.3 Å². The fraction of sp³-hybridized carbons (Fsp3) is 0.375. The zero-order chi connectivity index (χ0) is 15.6. The second-order valence-electron chi connectivity index (χ2n) is 5.46. The van der Waals surface area contributed by atoms with Gasteiger partial charge in [-0.15, -0.1) is 0 Å². The van der Waals surface area contributed by atoms with Gasteiger partial charge in [-0.2, -0.15) is 0 Å². The molecule has 3 N–H and O–H groups in total. The zero-order valence-corrected chi connectivity index (χ0v) is 12.8. The van der Waals surface area contributed by atoms with Crippen molar-refractivity contribution in [2.45, 2.75) is 33.7 Å². The molecule has 0 aliphatic rings. The molecule has 5 heteroatoms. The minimum absolute atomic E-state index is 0.0941. The number of nitrogens with two attached hydrogens (primary N) is 1. The molecule has 1 amide bonds. The van der Waals surface area contributed by atoms with E-state index in [1.807, 2.05) is 45.9 Å². The van der Waals surface area contributed by atoms with E-state index in [9.17, 15) is 4.79 Å².